The van der Waals surface area contributed by atoms with Gasteiger partial charge in [0.1, 0.15) is 0 Å². The fraction of sp³-hybridized carbons (Fsp3) is 0.605. The van der Waals surface area contributed by atoms with E-state index in [-0.39, 0.29) is 6.10 Å². The van der Waals surface area contributed by atoms with E-state index in [0.717, 1.165) is 37.1 Å². The predicted molar refractivity (Wildman–Crippen MR) is 192 cm³/mol. The zero-order valence-corrected chi connectivity index (χ0v) is 29.5. The summed E-state index contributed by atoms with van der Waals surface area (Å²) in [5, 5.41) is 5.19. The molecule has 0 saturated carbocycles. The molecule has 3 aliphatic rings. The minimum Gasteiger partial charge on any atom is -0.370 e. The monoisotopic (exact) mass is 633 g/mol. The Bertz CT molecular complexity index is 1140. The Labute approximate surface area is 278 Å². The number of thioether (sulfide) groups is 1. The Morgan fingerprint density at radius 3 is 1.80 bits per heavy atom. The van der Waals surface area contributed by atoms with Crippen molar-refractivity contribution in [2.75, 3.05) is 60.4 Å². The molecule has 1 aromatic heterocycles. The maximum atomic E-state index is 6.10. The highest BCUT2D eigenvalue weighted by molar-refractivity contribution is 7.99. The molecule has 3 fully saturated rings. The van der Waals surface area contributed by atoms with Crippen LogP contribution < -0.4 is 0 Å². The van der Waals surface area contributed by atoms with Crippen molar-refractivity contribution in [2.24, 2.45) is 5.92 Å². The Balaban J connectivity index is 0.000000154. The third kappa shape index (κ3) is 12.9. The van der Waals surface area contributed by atoms with Crippen LogP contribution in [0.15, 0.2) is 79.1 Å². The zero-order valence-electron chi connectivity index (χ0n) is 28.6. The van der Waals surface area contributed by atoms with Crippen molar-refractivity contribution in [1.82, 2.24) is 24.5 Å². The van der Waals surface area contributed by atoms with Crippen LogP contribution in [0.2, 0.25) is 0 Å². The van der Waals surface area contributed by atoms with Crippen LogP contribution in [0.4, 0.5) is 0 Å². The average molecular weight is 634 g/mol. The molecule has 248 valence electrons. The second-order valence-electron chi connectivity index (χ2n) is 13.4. The number of hydrogen-bond acceptors (Lipinski definition) is 6. The highest BCUT2D eigenvalue weighted by Crippen LogP contribution is 2.28. The second kappa shape index (κ2) is 19.5. The lowest BCUT2D eigenvalue weighted by Gasteiger charge is -2.32. The number of nitrogens with zero attached hydrogens (tertiary/aromatic N) is 5. The van der Waals surface area contributed by atoms with Crippen LogP contribution >= 0.6 is 11.8 Å². The molecular weight excluding hydrogens is 575 g/mol. The summed E-state index contributed by atoms with van der Waals surface area (Å²) in [5.74, 6) is 1.97. The first kappa shape index (κ1) is 35.7. The maximum Gasteiger partial charge on any atom is 0.0800 e. The molecule has 3 aliphatic heterocycles. The van der Waals surface area contributed by atoms with Crippen molar-refractivity contribution in [2.45, 2.75) is 81.6 Å². The molecule has 4 heterocycles. The van der Waals surface area contributed by atoms with Gasteiger partial charge in [0.05, 0.1) is 18.2 Å². The van der Waals surface area contributed by atoms with Gasteiger partial charge in [-0.05, 0) is 123 Å². The SMILES string of the molecule is CC(C1CCN(C)CC1)n1cccn1.CC(OC1CCN(C)CC1)c1ccccc1.CN1CCC(SCc2ccccc2)CC1. The van der Waals surface area contributed by atoms with Crippen molar-refractivity contribution < 1.29 is 4.74 Å². The third-order valence-electron chi connectivity index (χ3n) is 9.71. The molecular formula is C38H59N5OS. The van der Waals surface area contributed by atoms with Crippen molar-refractivity contribution in [1.29, 1.82) is 0 Å². The van der Waals surface area contributed by atoms with E-state index < -0.39 is 0 Å². The highest BCUT2D eigenvalue weighted by Gasteiger charge is 2.23. The lowest BCUT2D eigenvalue weighted by Crippen LogP contribution is -2.34. The number of rotatable bonds is 8. The Morgan fingerprint density at radius 2 is 1.24 bits per heavy atom. The normalized spacial score (nSPS) is 20.8. The summed E-state index contributed by atoms with van der Waals surface area (Å²) in [6.45, 7) is 11.8. The first-order valence-electron chi connectivity index (χ1n) is 17.3. The summed E-state index contributed by atoms with van der Waals surface area (Å²) >= 11 is 2.13. The van der Waals surface area contributed by atoms with Crippen LogP contribution in [0.5, 0.6) is 0 Å². The van der Waals surface area contributed by atoms with Crippen molar-refractivity contribution in [3.05, 3.63) is 90.3 Å². The molecule has 0 bridgehead atoms. The largest absolute Gasteiger partial charge is 0.370 e. The Kier molecular flexibility index (Phi) is 15.5. The summed E-state index contributed by atoms with van der Waals surface area (Å²) in [7, 11) is 6.60. The van der Waals surface area contributed by atoms with Crippen LogP contribution in [-0.4, -0.2) is 96.2 Å². The first-order valence-corrected chi connectivity index (χ1v) is 18.3. The molecule has 0 spiro atoms. The van der Waals surface area contributed by atoms with Gasteiger partial charge in [-0.1, -0.05) is 60.7 Å². The number of piperidine rings is 3. The fourth-order valence-corrected chi connectivity index (χ4v) is 7.57. The van der Waals surface area contributed by atoms with Gasteiger partial charge in [0, 0.05) is 36.5 Å². The molecule has 2 atom stereocenters. The van der Waals surface area contributed by atoms with E-state index >= 15 is 0 Å². The standard InChI is InChI=1S/C14H21NO.C13H19NS.C11H19N3/c1-12(13-6-4-3-5-7-13)16-14-8-10-15(2)11-9-14;1-14-9-7-13(8-10-14)15-11-12-5-3-2-4-6-12;1-10(14-7-3-6-12-14)11-4-8-13(2)9-5-11/h3-7,12,14H,8-11H2,1-2H3;2-6,13H,7-11H2,1H3;3,6-7,10-11H,4-5,8-9H2,1-2H3. The molecule has 0 aliphatic carbocycles. The molecule has 6 rings (SSSR count). The van der Waals surface area contributed by atoms with E-state index in [4.69, 9.17) is 4.74 Å². The van der Waals surface area contributed by atoms with Gasteiger partial charge in [0.2, 0.25) is 0 Å². The summed E-state index contributed by atoms with van der Waals surface area (Å²) in [4.78, 5) is 7.21. The van der Waals surface area contributed by atoms with Crippen molar-refractivity contribution in [3.63, 3.8) is 0 Å². The van der Waals surface area contributed by atoms with E-state index in [1.54, 1.807) is 0 Å². The third-order valence-corrected chi connectivity index (χ3v) is 11.2. The molecule has 7 heteroatoms. The minimum atomic E-state index is 0.217. The Hall–Kier alpha value is -2.16. The van der Waals surface area contributed by atoms with Crippen LogP contribution in [0.3, 0.4) is 0 Å². The number of ether oxygens (including phenoxy) is 1. The van der Waals surface area contributed by atoms with Crippen molar-refractivity contribution >= 4 is 11.8 Å². The molecule has 45 heavy (non-hydrogen) atoms. The lowest BCUT2D eigenvalue weighted by molar-refractivity contribution is -0.0328. The van der Waals surface area contributed by atoms with Gasteiger partial charge >= 0.3 is 0 Å². The van der Waals surface area contributed by atoms with Gasteiger partial charge in [0.15, 0.2) is 0 Å². The van der Waals surface area contributed by atoms with Crippen LogP contribution in [0, 0.1) is 5.92 Å². The first-order chi connectivity index (χ1) is 21.9. The molecule has 0 radical (unpaired) electrons. The zero-order chi connectivity index (χ0) is 31.9. The van der Waals surface area contributed by atoms with Gasteiger partial charge < -0.3 is 19.4 Å². The van der Waals surface area contributed by atoms with Gasteiger partial charge in [-0.3, -0.25) is 4.68 Å². The predicted octanol–water partition coefficient (Wildman–Crippen LogP) is 7.66. The minimum absolute atomic E-state index is 0.217. The number of likely N-dealkylation sites (tertiary alicyclic amines) is 3. The molecule has 2 aromatic carbocycles. The molecule has 2 unspecified atom stereocenters. The summed E-state index contributed by atoms with van der Waals surface area (Å²) in [5.41, 5.74) is 2.74. The van der Waals surface area contributed by atoms with E-state index in [1.807, 2.05) is 18.3 Å². The van der Waals surface area contributed by atoms with Gasteiger partial charge in [-0.15, -0.1) is 0 Å². The fourth-order valence-electron chi connectivity index (χ4n) is 6.40. The van der Waals surface area contributed by atoms with E-state index in [1.165, 1.54) is 68.7 Å². The smallest absolute Gasteiger partial charge is 0.0800 e. The molecule has 3 saturated heterocycles. The molecule has 6 nitrogen and oxygen atoms in total. The topological polar surface area (TPSA) is 36.8 Å². The van der Waals surface area contributed by atoms with E-state index in [2.05, 4.69) is 132 Å². The molecule has 0 amide bonds. The average Bonchev–Trinajstić information content (AvgIpc) is 3.63. The quantitative estimate of drug-likeness (QED) is 0.254. The lowest BCUT2D eigenvalue weighted by atomic mass is 9.91. The van der Waals surface area contributed by atoms with Crippen LogP contribution in [0.1, 0.15) is 75.6 Å². The van der Waals surface area contributed by atoms with Crippen LogP contribution in [-0.2, 0) is 10.5 Å². The summed E-state index contributed by atoms with van der Waals surface area (Å²) in [6.07, 6.45) is 12.2. The van der Waals surface area contributed by atoms with Gasteiger partial charge in [-0.2, -0.15) is 16.9 Å². The van der Waals surface area contributed by atoms with E-state index in [0.29, 0.717) is 12.1 Å². The number of benzene rings is 2. The van der Waals surface area contributed by atoms with Crippen LogP contribution in [0.25, 0.3) is 0 Å². The summed E-state index contributed by atoms with van der Waals surface area (Å²) in [6, 6.07) is 23.8. The Morgan fingerprint density at radius 1 is 0.711 bits per heavy atom. The molecule has 0 N–H and O–H groups in total. The number of aromatic nitrogens is 2. The van der Waals surface area contributed by atoms with Gasteiger partial charge in [0.25, 0.3) is 0 Å². The van der Waals surface area contributed by atoms with Crippen molar-refractivity contribution in [3.8, 4) is 0 Å². The maximum absolute atomic E-state index is 6.10. The van der Waals surface area contributed by atoms with Gasteiger partial charge in [-0.25, -0.2) is 0 Å². The summed E-state index contributed by atoms with van der Waals surface area (Å²) < 4.78 is 8.19. The van der Waals surface area contributed by atoms with E-state index in [9.17, 15) is 0 Å². The second-order valence-corrected chi connectivity index (χ2v) is 14.6. The molecule has 3 aromatic rings. The highest BCUT2D eigenvalue weighted by atomic mass is 32.2. The number of hydrogen-bond donors (Lipinski definition) is 0.